The van der Waals surface area contributed by atoms with E-state index in [-0.39, 0.29) is 14.5 Å². The molecule has 0 spiro atoms. The molecule has 0 saturated heterocycles. The third-order valence-electron chi connectivity index (χ3n) is 8.06. The molecular formula is C31H56N2O4S3. The Morgan fingerprint density at radius 1 is 0.875 bits per heavy atom. The van der Waals surface area contributed by atoms with E-state index in [9.17, 15) is 16.8 Å². The van der Waals surface area contributed by atoms with Gasteiger partial charge in [0.1, 0.15) is 8.42 Å². The summed E-state index contributed by atoms with van der Waals surface area (Å²) in [6.07, 6.45) is 23.4. The van der Waals surface area contributed by atoms with Gasteiger partial charge in [0, 0.05) is 17.3 Å². The SMILES string of the molecule is CCCCCCCCCCCCCCCCCCC/C(C)=N/S(=O)(=O)c1cc2c(s1)S(=O)(=O)[C@@H](C)C[C@@H]2NCC. The number of thiophene rings is 1. The molecule has 232 valence electrons. The summed E-state index contributed by atoms with van der Waals surface area (Å²) >= 11 is 0.852. The summed E-state index contributed by atoms with van der Waals surface area (Å²) in [4.78, 5) is 0. The first kappa shape index (κ1) is 35.4. The van der Waals surface area contributed by atoms with Crippen LogP contribution in [0.15, 0.2) is 18.9 Å². The Bertz CT molecular complexity index is 1090. The van der Waals surface area contributed by atoms with Gasteiger partial charge in [0.05, 0.1) is 5.25 Å². The van der Waals surface area contributed by atoms with Crippen LogP contribution in [0.5, 0.6) is 0 Å². The molecule has 0 bridgehead atoms. The first-order valence-electron chi connectivity index (χ1n) is 16.0. The average molecular weight is 617 g/mol. The Kier molecular flexibility index (Phi) is 16.6. The molecular weight excluding hydrogens is 561 g/mol. The molecule has 6 nitrogen and oxygen atoms in total. The predicted molar refractivity (Wildman–Crippen MR) is 171 cm³/mol. The number of hydrogen-bond acceptors (Lipinski definition) is 6. The maximum absolute atomic E-state index is 13.0. The maximum atomic E-state index is 13.0. The van der Waals surface area contributed by atoms with Gasteiger partial charge in [-0.1, -0.05) is 117 Å². The molecule has 1 aliphatic rings. The first-order chi connectivity index (χ1) is 19.1. The van der Waals surface area contributed by atoms with Crippen LogP contribution < -0.4 is 5.32 Å². The highest BCUT2D eigenvalue weighted by molar-refractivity contribution is 7.96. The van der Waals surface area contributed by atoms with Crippen molar-refractivity contribution in [1.29, 1.82) is 0 Å². The van der Waals surface area contributed by atoms with Crippen molar-refractivity contribution < 1.29 is 16.8 Å². The van der Waals surface area contributed by atoms with Gasteiger partial charge >= 0.3 is 0 Å². The van der Waals surface area contributed by atoms with Crippen LogP contribution in [-0.2, 0) is 19.9 Å². The molecule has 2 heterocycles. The monoisotopic (exact) mass is 616 g/mol. The van der Waals surface area contributed by atoms with Crippen LogP contribution in [0.2, 0.25) is 0 Å². The summed E-state index contributed by atoms with van der Waals surface area (Å²) in [5, 5.41) is 2.76. The Hall–Kier alpha value is -0.770. The van der Waals surface area contributed by atoms with Crippen LogP contribution in [0.3, 0.4) is 0 Å². The number of unbranched alkanes of at least 4 members (excludes halogenated alkanes) is 16. The van der Waals surface area contributed by atoms with Crippen LogP contribution >= 0.6 is 11.3 Å². The van der Waals surface area contributed by atoms with Crippen LogP contribution in [-0.4, -0.2) is 34.3 Å². The minimum Gasteiger partial charge on any atom is -0.310 e. The Labute approximate surface area is 250 Å². The fourth-order valence-corrected chi connectivity index (χ4v) is 10.6. The number of fused-ring (bicyclic) bond motifs is 1. The maximum Gasteiger partial charge on any atom is 0.291 e. The normalized spacial score (nSPS) is 19.1. The highest BCUT2D eigenvalue weighted by Gasteiger charge is 2.39. The van der Waals surface area contributed by atoms with E-state index in [1.807, 2.05) is 6.92 Å². The molecule has 1 aliphatic heterocycles. The summed E-state index contributed by atoms with van der Waals surface area (Å²) in [5.74, 6) is 0. The highest BCUT2D eigenvalue weighted by Crippen LogP contribution is 2.43. The second kappa shape index (κ2) is 18.7. The van der Waals surface area contributed by atoms with Crippen molar-refractivity contribution in [3.63, 3.8) is 0 Å². The van der Waals surface area contributed by atoms with Crippen molar-refractivity contribution in [3.8, 4) is 0 Å². The van der Waals surface area contributed by atoms with Gasteiger partial charge < -0.3 is 5.32 Å². The second-order valence-corrected chi connectivity index (χ2v) is 17.2. The third kappa shape index (κ3) is 11.8. The minimum absolute atomic E-state index is 0.0276. The predicted octanol–water partition coefficient (Wildman–Crippen LogP) is 9.16. The van der Waals surface area contributed by atoms with Crippen molar-refractivity contribution in [3.05, 3.63) is 11.6 Å². The van der Waals surface area contributed by atoms with Crippen LogP contribution in [0.4, 0.5) is 0 Å². The van der Waals surface area contributed by atoms with Crippen molar-refractivity contribution in [2.24, 2.45) is 4.40 Å². The van der Waals surface area contributed by atoms with Gasteiger partial charge in [-0.05, 0) is 45.7 Å². The number of rotatable bonds is 22. The largest absolute Gasteiger partial charge is 0.310 e. The number of nitrogens with one attached hydrogen (secondary N) is 1. The van der Waals surface area contributed by atoms with Gasteiger partial charge in [-0.3, -0.25) is 0 Å². The molecule has 40 heavy (non-hydrogen) atoms. The van der Waals surface area contributed by atoms with Gasteiger partial charge in [0.25, 0.3) is 10.0 Å². The number of sulfonamides is 1. The van der Waals surface area contributed by atoms with E-state index in [0.29, 0.717) is 30.7 Å². The standard InChI is InChI=1S/C31H56N2O4S3/c1-5-7-8-9-10-11-12-13-14-15-16-17-18-19-20-21-22-23-26(3)33-40(36,37)30-25-28-29(32-6-2)24-27(4)39(34,35)31(28)38-30/h25,27,29,32H,5-24H2,1-4H3/b33-26+/t27-,29-/m0/s1. The van der Waals surface area contributed by atoms with Crippen molar-refractivity contribution >= 4 is 36.9 Å². The Balaban J connectivity index is 1.63. The molecule has 0 aliphatic carbocycles. The van der Waals surface area contributed by atoms with E-state index >= 15 is 0 Å². The Morgan fingerprint density at radius 3 is 1.82 bits per heavy atom. The lowest BCUT2D eigenvalue weighted by Gasteiger charge is -2.27. The molecule has 0 aromatic carbocycles. The third-order valence-corrected chi connectivity index (χ3v) is 13.8. The molecule has 0 unspecified atom stereocenters. The van der Waals surface area contributed by atoms with Crippen LogP contribution in [0.1, 0.15) is 161 Å². The smallest absolute Gasteiger partial charge is 0.291 e. The number of sulfone groups is 1. The van der Waals surface area contributed by atoms with E-state index in [1.54, 1.807) is 13.8 Å². The van der Waals surface area contributed by atoms with Gasteiger partial charge in [-0.15, -0.1) is 11.3 Å². The van der Waals surface area contributed by atoms with Gasteiger partial charge in [-0.2, -0.15) is 12.8 Å². The lowest BCUT2D eigenvalue weighted by atomic mass is 10.0. The molecule has 9 heteroatoms. The van der Waals surface area contributed by atoms with E-state index in [1.165, 1.54) is 102 Å². The van der Waals surface area contributed by atoms with E-state index in [0.717, 1.165) is 24.2 Å². The minimum atomic E-state index is -3.92. The summed E-state index contributed by atoms with van der Waals surface area (Å²) in [5.41, 5.74) is 1.16. The summed E-state index contributed by atoms with van der Waals surface area (Å²) in [6.45, 7) is 8.37. The summed E-state index contributed by atoms with van der Waals surface area (Å²) < 4.78 is 56.0. The molecule has 1 N–H and O–H groups in total. The molecule has 0 fully saturated rings. The molecule has 0 saturated carbocycles. The average Bonchev–Trinajstić information content (AvgIpc) is 3.37. The Morgan fingerprint density at radius 2 is 1.35 bits per heavy atom. The molecule has 2 rings (SSSR count). The van der Waals surface area contributed by atoms with Crippen molar-refractivity contribution in [1.82, 2.24) is 5.32 Å². The fraction of sp³-hybridized carbons (Fsp3) is 0.839. The zero-order chi connectivity index (χ0) is 29.4. The highest BCUT2D eigenvalue weighted by atomic mass is 32.3. The summed E-state index contributed by atoms with van der Waals surface area (Å²) in [6, 6.07) is 1.37. The zero-order valence-electron chi connectivity index (χ0n) is 25.7. The van der Waals surface area contributed by atoms with Crippen molar-refractivity contribution in [2.45, 2.75) is 169 Å². The van der Waals surface area contributed by atoms with E-state index < -0.39 is 25.1 Å². The van der Waals surface area contributed by atoms with Gasteiger partial charge in [-0.25, -0.2) is 8.42 Å². The molecule has 1 aromatic heterocycles. The number of nitrogens with zero attached hydrogens (tertiary/aromatic N) is 1. The van der Waals surface area contributed by atoms with E-state index in [2.05, 4.69) is 16.6 Å². The van der Waals surface area contributed by atoms with Crippen LogP contribution in [0, 0.1) is 0 Å². The lowest BCUT2D eigenvalue weighted by Crippen LogP contribution is -2.33. The molecule has 0 amide bonds. The lowest BCUT2D eigenvalue weighted by molar-refractivity contribution is 0.477. The van der Waals surface area contributed by atoms with Crippen LogP contribution in [0.25, 0.3) is 0 Å². The van der Waals surface area contributed by atoms with E-state index in [4.69, 9.17) is 0 Å². The fourth-order valence-electron chi connectivity index (χ4n) is 5.57. The van der Waals surface area contributed by atoms with Gasteiger partial charge in [0.2, 0.25) is 0 Å². The topological polar surface area (TPSA) is 92.7 Å². The number of hydrogen-bond donors (Lipinski definition) is 1. The first-order valence-corrected chi connectivity index (χ1v) is 19.8. The summed E-state index contributed by atoms with van der Waals surface area (Å²) in [7, 11) is -7.43. The molecule has 2 atom stereocenters. The zero-order valence-corrected chi connectivity index (χ0v) is 28.1. The molecule has 1 aromatic rings. The quantitative estimate of drug-likeness (QED) is 0.104. The van der Waals surface area contributed by atoms with Gasteiger partial charge in [0.15, 0.2) is 9.84 Å². The second-order valence-electron chi connectivity index (χ2n) is 11.7. The molecule has 0 radical (unpaired) electrons. The van der Waals surface area contributed by atoms with Crippen molar-refractivity contribution in [2.75, 3.05) is 6.54 Å².